The molecule has 2 nitrogen and oxygen atoms in total. The molecule has 1 aromatic rings. The molecular weight excluding hydrogens is 276 g/mol. The van der Waals surface area contributed by atoms with Gasteiger partial charge >= 0.3 is 0 Å². The van der Waals surface area contributed by atoms with Crippen molar-refractivity contribution in [1.29, 1.82) is 0 Å². The molecule has 1 aliphatic rings. The molecule has 0 spiro atoms. The summed E-state index contributed by atoms with van der Waals surface area (Å²) >= 11 is 3.61. The highest BCUT2D eigenvalue weighted by Crippen LogP contribution is 2.23. The van der Waals surface area contributed by atoms with Gasteiger partial charge in [0.25, 0.3) is 0 Å². The van der Waals surface area contributed by atoms with Crippen LogP contribution in [0, 0.1) is 5.92 Å². The van der Waals surface area contributed by atoms with Gasteiger partial charge in [0.15, 0.2) is 0 Å². The summed E-state index contributed by atoms with van der Waals surface area (Å²) in [5.74, 6) is 0.786. The average Bonchev–Trinajstić information content (AvgIpc) is 2.38. The Hall–Kier alpha value is -0.380. The largest absolute Gasteiger partial charge is 0.316 e. The Kier molecular flexibility index (Phi) is 5.01. The summed E-state index contributed by atoms with van der Waals surface area (Å²) in [5, 5.41) is 7.10. The first-order chi connectivity index (χ1) is 8.27. The molecule has 1 unspecified atom stereocenters. The van der Waals surface area contributed by atoms with E-state index >= 15 is 0 Å². The summed E-state index contributed by atoms with van der Waals surface area (Å²) < 4.78 is 1.20. The molecular formula is C14H21BrN2. The maximum absolute atomic E-state index is 3.64. The van der Waals surface area contributed by atoms with E-state index < -0.39 is 0 Å². The molecule has 1 fully saturated rings. The topological polar surface area (TPSA) is 24.1 Å². The van der Waals surface area contributed by atoms with E-state index in [1.54, 1.807) is 0 Å². The fourth-order valence-corrected chi connectivity index (χ4v) is 3.01. The van der Waals surface area contributed by atoms with E-state index in [9.17, 15) is 0 Å². The Morgan fingerprint density at radius 2 is 2.29 bits per heavy atom. The van der Waals surface area contributed by atoms with Gasteiger partial charge < -0.3 is 10.6 Å². The molecule has 17 heavy (non-hydrogen) atoms. The molecule has 0 radical (unpaired) electrons. The van der Waals surface area contributed by atoms with Gasteiger partial charge in [-0.15, -0.1) is 0 Å². The molecule has 0 saturated carbocycles. The Labute approximate surface area is 112 Å². The monoisotopic (exact) mass is 296 g/mol. The Morgan fingerprint density at radius 3 is 3.00 bits per heavy atom. The van der Waals surface area contributed by atoms with E-state index in [4.69, 9.17) is 0 Å². The number of nitrogens with one attached hydrogen (secondary N) is 2. The summed E-state index contributed by atoms with van der Waals surface area (Å²) in [7, 11) is 0. The van der Waals surface area contributed by atoms with E-state index in [2.05, 4.69) is 57.8 Å². The average molecular weight is 297 g/mol. The van der Waals surface area contributed by atoms with Crippen LogP contribution in [-0.2, 0) is 0 Å². The molecule has 0 bridgehead atoms. The molecule has 1 saturated heterocycles. The van der Waals surface area contributed by atoms with Crippen molar-refractivity contribution in [3.63, 3.8) is 0 Å². The molecule has 0 aliphatic carbocycles. The summed E-state index contributed by atoms with van der Waals surface area (Å²) in [5.41, 5.74) is 1.34. The zero-order valence-electron chi connectivity index (χ0n) is 10.4. The molecule has 0 amide bonds. The lowest BCUT2D eigenvalue weighted by atomic mass is 9.99. The summed E-state index contributed by atoms with van der Waals surface area (Å²) in [4.78, 5) is 0. The van der Waals surface area contributed by atoms with Crippen LogP contribution in [-0.4, -0.2) is 19.6 Å². The van der Waals surface area contributed by atoms with Crippen LogP contribution >= 0.6 is 15.9 Å². The van der Waals surface area contributed by atoms with Crippen molar-refractivity contribution in [2.24, 2.45) is 5.92 Å². The summed E-state index contributed by atoms with van der Waals surface area (Å²) in [6.45, 7) is 5.69. The van der Waals surface area contributed by atoms with Gasteiger partial charge in [-0.3, -0.25) is 0 Å². The van der Waals surface area contributed by atoms with Crippen molar-refractivity contribution >= 4 is 15.9 Å². The molecule has 94 valence electrons. The van der Waals surface area contributed by atoms with Gasteiger partial charge in [0.05, 0.1) is 0 Å². The van der Waals surface area contributed by atoms with Crippen LogP contribution in [0.3, 0.4) is 0 Å². The highest BCUT2D eigenvalue weighted by atomic mass is 79.9. The first-order valence-electron chi connectivity index (χ1n) is 6.46. The molecule has 2 atom stereocenters. The van der Waals surface area contributed by atoms with Crippen molar-refractivity contribution in [2.45, 2.75) is 25.8 Å². The standard InChI is InChI=1S/C14H21BrN2/c1-11(13-6-2-3-7-14(13)15)17-10-12-5-4-8-16-9-12/h2-3,6-7,11-12,16-17H,4-5,8-10H2,1H3/t11-,12?/m1/s1. The van der Waals surface area contributed by atoms with Crippen LogP contribution in [0.4, 0.5) is 0 Å². The highest BCUT2D eigenvalue weighted by molar-refractivity contribution is 9.10. The first kappa shape index (κ1) is 13.1. The number of halogens is 1. The number of benzene rings is 1. The van der Waals surface area contributed by atoms with E-state index in [-0.39, 0.29) is 0 Å². The predicted molar refractivity (Wildman–Crippen MR) is 76.2 cm³/mol. The van der Waals surface area contributed by atoms with Crippen LogP contribution in [0.2, 0.25) is 0 Å². The lowest BCUT2D eigenvalue weighted by Gasteiger charge is -2.25. The van der Waals surface area contributed by atoms with E-state index in [1.807, 2.05) is 0 Å². The Balaban J connectivity index is 1.84. The SMILES string of the molecule is C[C@@H](NCC1CCCNC1)c1ccccc1Br. The second-order valence-electron chi connectivity index (χ2n) is 4.86. The quantitative estimate of drug-likeness (QED) is 0.892. The first-order valence-corrected chi connectivity index (χ1v) is 7.25. The third-order valence-corrected chi connectivity index (χ3v) is 4.21. The van der Waals surface area contributed by atoms with Crippen LogP contribution in [0.5, 0.6) is 0 Å². The predicted octanol–water partition coefficient (Wildman–Crippen LogP) is 3.10. The van der Waals surface area contributed by atoms with E-state index in [0.29, 0.717) is 6.04 Å². The number of piperidine rings is 1. The fourth-order valence-electron chi connectivity index (χ4n) is 2.38. The van der Waals surface area contributed by atoms with Gasteiger partial charge in [-0.25, -0.2) is 0 Å². The van der Waals surface area contributed by atoms with Crippen LogP contribution < -0.4 is 10.6 Å². The maximum atomic E-state index is 3.64. The minimum atomic E-state index is 0.410. The minimum absolute atomic E-state index is 0.410. The third kappa shape index (κ3) is 3.80. The van der Waals surface area contributed by atoms with Gasteiger partial charge in [-0.05, 0) is 56.9 Å². The number of hydrogen-bond acceptors (Lipinski definition) is 2. The van der Waals surface area contributed by atoms with Gasteiger partial charge in [-0.1, -0.05) is 34.1 Å². The lowest BCUT2D eigenvalue weighted by Crippen LogP contribution is -2.36. The molecule has 2 rings (SSSR count). The van der Waals surface area contributed by atoms with Crippen LogP contribution in [0.15, 0.2) is 28.7 Å². The van der Waals surface area contributed by atoms with Gasteiger partial charge in [0.1, 0.15) is 0 Å². The minimum Gasteiger partial charge on any atom is -0.316 e. The maximum Gasteiger partial charge on any atom is 0.0303 e. The molecule has 3 heteroatoms. The zero-order chi connectivity index (χ0) is 12.1. The van der Waals surface area contributed by atoms with Crippen molar-refractivity contribution in [1.82, 2.24) is 10.6 Å². The molecule has 0 aromatic heterocycles. The normalized spacial score (nSPS) is 22.4. The highest BCUT2D eigenvalue weighted by Gasteiger charge is 2.14. The molecule has 1 aliphatic heterocycles. The van der Waals surface area contributed by atoms with E-state index in [0.717, 1.165) is 19.0 Å². The summed E-state index contributed by atoms with van der Waals surface area (Å²) in [6, 6.07) is 8.86. The number of hydrogen-bond donors (Lipinski definition) is 2. The second-order valence-corrected chi connectivity index (χ2v) is 5.72. The molecule has 2 N–H and O–H groups in total. The number of rotatable bonds is 4. The van der Waals surface area contributed by atoms with Gasteiger partial charge in [-0.2, -0.15) is 0 Å². The third-order valence-electron chi connectivity index (χ3n) is 3.48. The van der Waals surface area contributed by atoms with Crippen molar-refractivity contribution in [3.05, 3.63) is 34.3 Å². The Morgan fingerprint density at radius 1 is 1.47 bits per heavy atom. The lowest BCUT2D eigenvalue weighted by molar-refractivity contribution is 0.348. The van der Waals surface area contributed by atoms with Crippen molar-refractivity contribution < 1.29 is 0 Å². The fraction of sp³-hybridized carbons (Fsp3) is 0.571. The molecule has 1 heterocycles. The summed E-state index contributed by atoms with van der Waals surface area (Å²) in [6.07, 6.45) is 2.67. The van der Waals surface area contributed by atoms with Crippen LogP contribution in [0.1, 0.15) is 31.4 Å². The van der Waals surface area contributed by atoms with Gasteiger partial charge in [0, 0.05) is 10.5 Å². The molecule has 1 aromatic carbocycles. The van der Waals surface area contributed by atoms with Crippen LogP contribution in [0.25, 0.3) is 0 Å². The van der Waals surface area contributed by atoms with E-state index in [1.165, 1.54) is 29.4 Å². The van der Waals surface area contributed by atoms with Gasteiger partial charge in [0.2, 0.25) is 0 Å². The van der Waals surface area contributed by atoms with Crippen molar-refractivity contribution in [2.75, 3.05) is 19.6 Å². The second kappa shape index (κ2) is 6.53. The Bertz CT molecular complexity index is 348. The smallest absolute Gasteiger partial charge is 0.0303 e. The van der Waals surface area contributed by atoms with Crippen molar-refractivity contribution in [3.8, 4) is 0 Å². The zero-order valence-corrected chi connectivity index (χ0v) is 12.0.